The van der Waals surface area contributed by atoms with E-state index in [2.05, 4.69) is 11.4 Å². The van der Waals surface area contributed by atoms with E-state index in [-0.39, 0.29) is 12.6 Å². The van der Waals surface area contributed by atoms with Gasteiger partial charge in [-0.2, -0.15) is 0 Å². The Morgan fingerprint density at radius 2 is 1.67 bits per heavy atom. The summed E-state index contributed by atoms with van der Waals surface area (Å²) in [7, 11) is 0. The first-order valence-electron chi connectivity index (χ1n) is 5.08. The predicted octanol–water partition coefficient (Wildman–Crippen LogP) is 3.22. The summed E-state index contributed by atoms with van der Waals surface area (Å²) in [5.41, 5.74) is 3.39. The zero-order chi connectivity index (χ0) is 11.4. The summed E-state index contributed by atoms with van der Waals surface area (Å²) in [6, 6.07) is 6.09. The Labute approximate surface area is 89.5 Å². The van der Waals surface area contributed by atoms with Gasteiger partial charge in [-0.3, -0.25) is 0 Å². The van der Waals surface area contributed by atoms with Gasteiger partial charge in [-0.15, -0.1) is 0 Å². The highest BCUT2D eigenvalue weighted by Crippen LogP contribution is 2.16. The Bertz CT molecular complexity index is 303. The molecule has 1 N–H and O–H groups in total. The van der Waals surface area contributed by atoms with Crippen molar-refractivity contribution in [1.82, 2.24) is 5.32 Å². The Balaban J connectivity index is 2.68. The van der Waals surface area contributed by atoms with Crippen LogP contribution in [0.25, 0.3) is 0 Å². The highest BCUT2D eigenvalue weighted by atomic mass is 19.3. The third-order valence-electron chi connectivity index (χ3n) is 2.32. The first-order valence-corrected chi connectivity index (χ1v) is 5.08. The maximum atomic E-state index is 12.0. The van der Waals surface area contributed by atoms with Crippen LogP contribution in [0.5, 0.6) is 0 Å². The molecule has 1 unspecified atom stereocenters. The average molecular weight is 213 g/mol. The van der Waals surface area contributed by atoms with Gasteiger partial charge in [-0.1, -0.05) is 29.3 Å². The van der Waals surface area contributed by atoms with Crippen LogP contribution in [0.2, 0.25) is 0 Å². The molecule has 0 saturated carbocycles. The number of benzene rings is 1. The second kappa shape index (κ2) is 5.21. The SMILES string of the molecule is Cc1cc(C)cc(C(C)NCC(F)F)c1. The van der Waals surface area contributed by atoms with Gasteiger partial charge in [0.2, 0.25) is 0 Å². The van der Waals surface area contributed by atoms with Crippen molar-refractivity contribution in [2.45, 2.75) is 33.2 Å². The van der Waals surface area contributed by atoms with E-state index in [1.54, 1.807) is 0 Å². The lowest BCUT2D eigenvalue weighted by atomic mass is 10.0. The van der Waals surface area contributed by atoms with Gasteiger partial charge in [0.1, 0.15) is 0 Å². The molecule has 0 heterocycles. The number of hydrogen-bond donors (Lipinski definition) is 1. The smallest absolute Gasteiger partial charge is 0.250 e. The van der Waals surface area contributed by atoms with Crippen LogP contribution in [-0.4, -0.2) is 13.0 Å². The second-order valence-corrected chi connectivity index (χ2v) is 3.94. The standard InChI is InChI=1S/C12H17F2N/c1-8-4-9(2)6-11(5-8)10(3)15-7-12(13)14/h4-6,10,12,15H,7H2,1-3H3. The Kier molecular flexibility index (Phi) is 4.21. The van der Waals surface area contributed by atoms with E-state index in [0.717, 1.165) is 16.7 Å². The van der Waals surface area contributed by atoms with Gasteiger partial charge in [0.15, 0.2) is 0 Å². The van der Waals surface area contributed by atoms with E-state index in [4.69, 9.17) is 0 Å². The molecular weight excluding hydrogens is 196 g/mol. The first-order chi connectivity index (χ1) is 6.99. The number of nitrogens with one attached hydrogen (secondary N) is 1. The van der Waals surface area contributed by atoms with Crippen LogP contribution in [-0.2, 0) is 0 Å². The number of hydrogen-bond acceptors (Lipinski definition) is 1. The summed E-state index contributed by atoms with van der Waals surface area (Å²) in [4.78, 5) is 0. The van der Waals surface area contributed by atoms with Crippen molar-refractivity contribution in [2.75, 3.05) is 6.54 Å². The maximum Gasteiger partial charge on any atom is 0.250 e. The molecular formula is C12H17F2N. The van der Waals surface area contributed by atoms with Crippen LogP contribution < -0.4 is 5.32 Å². The first kappa shape index (κ1) is 12.1. The van der Waals surface area contributed by atoms with Gasteiger partial charge in [0, 0.05) is 6.04 Å². The molecule has 1 aromatic rings. The van der Waals surface area contributed by atoms with Crippen LogP contribution in [0, 0.1) is 13.8 Å². The van der Waals surface area contributed by atoms with Gasteiger partial charge < -0.3 is 5.32 Å². The minimum Gasteiger partial charge on any atom is -0.305 e. The van der Waals surface area contributed by atoms with Crippen LogP contribution in [0.4, 0.5) is 8.78 Å². The van der Waals surface area contributed by atoms with Gasteiger partial charge in [0.05, 0.1) is 6.54 Å². The molecule has 0 aliphatic rings. The lowest BCUT2D eigenvalue weighted by Crippen LogP contribution is -2.24. The van der Waals surface area contributed by atoms with Crippen molar-refractivity contribution in [3.63, 3.8) is 0 Å². The van der Waals surface area contributed by atoms with Gasteiger partial charge in [-0.05, 0) is 26.3 Å². The number of alkyl halides is 2. The largest absolute Gasteiger partial charge is 0.305 e. The van der Waals surface area contributed by atoms with Crippen LogP contribution in [0.1, 0.15) is 29.7 Å². The Morgan fingerprint density at radius 3 is 2.13 bits per heavy atom. The predicted molar refractivity (Wildman–Crippen MR) is 58.3 cm³/mol. The number of rotatable bonds is 4. The zero-order valence-corrected chi connectivity index (χ0v) is 9.35. The molecule has 1 aromatic carbocycles. The van der Waals surface area contributed by atoms with Crippen molar-refractivity contribution in [3.05, 3.63) is 34.9 Å². The summed E-state index contributed by atoms with van der Waals surface area (Å²) < 4.78 is 24.0. The van der Waals surface area contributed by atoms with Crippen molar-refractivity contribution in [3.8, 4) is 0 Å². The molecule has 0 aromatic heterocycles. The molecule has 1 nitrogen and oxygen atoms in total. The lowest BCUT2D eigenvalue weighted by molar-refractivity contribution is 0.142. The van der Waals surface area contributed by atoms with E-state index >= 15 is 0 Å². The Morgan fingerprint density at radius 1 is 1.13 bits per heavy atom. The zero-order valence-electron chi connectivity index (χ0n) is 9.35. The highest BCUT2D eigenvalue weighted by Gasteiger charge is 2.08. The molecule has 3 heteroatoms. The van der Waals surface area contributed by atoms with E-state index in [1.807, 2.05) is 32.9 Å². The molecule has 0 spiro atoms. The summed E-state index contributed by atoms with van der Waals surface area (Å²) >= 11 is 0. The third kappa shape index (κ3) is 3.96. The van der Waals surface area contributed by atoms with Gasteiger partial charge in [-0.25, -0.2) is 8.78 Å². The second-order valence-electron chi connectivity index (χ2n) is 3.94. The number of aryl methyl sites for hydroxylation is 2. The van der Waals surface area contributed by atoms with Crippen molar-refractivity contribution >= 4 is 0 Å². The molecule has 0 amide bonds. The van der Waals surface area contributed by atoms with Gasteiger partial charge >= 0.3 is 0 Å². The summed E-state index contributed by atoms with van der Waals surface area (Å²) in [6.45, 7) is 5.66. The number of halogens is 2. The minimum absolute atomic E-state index is 0.0300. The lowest BCUT2D eigenvalue weighted by Gasteiger charge is -2.15. The van der Waals surface area contributed by atoms with Crippen LogP contribution in [0.15, 0.2) is 18.2 Å². The summed E-state index contributed by atoms with van der Waals surface area (Å²) in [5.74, 6) is 0. The minimum atomic E-state index is -2.29. The quantitative estimate of drug-likeness (QED) is 0.809. The molecule has 0 radical (unpaired) electrons. The fraction of sp³-hybridized carbons (Fsp3) is 0.500. The van der Waals surface area contributed by atoms with E-state index in [1.165, 1.54) is 0 Å². The van der Waals surface area contributed by atoms with Crippen molar-refractivity contribution in [1.29, 1.82) is 0 Å². The maximum absolute atomic E-state index is 12.0. The fourth-order valence-corrected chi connectivity index (χ4v) is 1.64. The Hall–Kier alpha value is -0.960. The van der Waals surface area contributed by atoms with Gasteiger partial charge in [0.25, 0.3) is 6.43 Å². The molecule has 0 saturated heterocycles. The van der Waals surface area contributed by atoms with E-state index in [9.17, 15) is 8.78 Å². The summed E-state index contributed by atoms with van der Waals surface area (Å²) in [5, 5.41) is 2.80. The van der Waals surface area contributed by atoms with Crippen LogP contribution in [0.3, 0.4) is 0 Å². The molecule has 1 rings (SSSR count). The van der Waals surface area contributed by atoms with Crippen LogP contribution >= 0.6 is 0 Å². The highest BCUT2D eigenvalue weighted by molar-refractivity contribution is 5.30. The third-order valence-corrected chi connectivity index (χ3v) is 2.32. The fourth-order valence-electron chi connectivity index (χ4n) is 1.64. The van der Waals surface area contributed by atoms with E-state index in [0.29, 0.717) is 0 Å². The summed E-state index contributed by atoms with van der Waals surface area (Å²) in [6.07, 6.45) is -2.29. The molecule has 1 atom stereocenters. The molecule has 0 aliphatic carbocycles. The molecule has 0 aliphatic heterocycles. The molecule has 15 heavy (non-hydrogen) atoms. The average Bonchev–Trinajstić information content (AvgIpc) is 2.12. The van der Waals surface area contributed by atoms with E-state index < -0.39 is 6.43 Å². The topological polar surface area (TPSA) is 12.0 Å². The molecule has 0 fully saturated rings. The monoisotopic (exact) mass is 213 g/mol. The van der Waals surface area contributed by atoms with Crippen molar-refractivity contribution in [2.24, 2.45) is 0 Å². The normalized spacial score (nSPS) is 13.2. The van der Waals surface area contributed by atoms with Crippen molar-refractivity contribution < 1.29 is 8.78 Å². The molecule has 84 valence electrons. The molecule has 0 bridgehead atoms.